The first-order valence-corrected chi connectivity index (χ1v) is 8.94. The fourth-order valence-electron chi connectivity index (χ4n) is 2.70. The van der Waals surface area contributed by atoms with Crippen LogP contribution in [0.1, 0.15) is 25.7 Å². The molecule has 0 aromatic carbocycles. The molecule has 0 aromatic rings. The summed E-state index contributed by atoms with van der Waals surface area (Å²) in [5.74, 6) is 0.344. The van der Waals surface area contributed by atoms with Crippen molar-refractivity contribution in [3.63, 3.8) is 0 Å². The van der Waals surface area contributed by atoms with Crippen LogP contribution in [0.5, 0.6) is 0 Å². The normalized spacial score (nSPS) is 17.6. The van der Waals surface area contributed by atoms with E-state index in [4.69, 9.17) is 15.2 Å². The largest absolute Gasteiger partial charge is 0.383 e. The van der Waals surface area contributed by atoms with Crippen LogP contribution in [0.25, 0.3) is 0 Å². The van der Waals surface area contributed by atoms with Crippen LogP contribution in [0.4, 0.5) is 0 Å². The Labute approximate surface area is 140 Å². The molecular formula is C13H30ClN3O4S. The molecule has 7 nitrogen and oxygen atoms in total. The van der Waals surface area contributed by atoms with Crippen molar-refractivity contribution in [3.05, 3.63) is 0 Å². The predicted molar refractivity (Wildman–Crippen MR) is 89.4 cm³/mol. The monoisotopic (exact) mass is 359 g/mol. The lowest BCUT2D eigenvalue weighted by Gasteiger charge is -2.28. The van der Waals surface area contributed by atoms with Crippen LogP contribution in [0, 0.1) is 5.92 Å². The minimum Gasteiger partial charge on any atom is -0.383 e. The first kappa shape index (κ1) is 22.0. The lowest BCUT2D eigenvalue weighted by atomic mass is 9.99. The first-order chi connectivity index (χ1) is 10.0. The van der Waals surface area contributed by atoms with Crippen LogP contribution >= 0.6 is 12.4 Å². The zero-order chi connectivity index (χ0) is 15.7. The molecule has 1 atom stereocenters. The number of methoxy groups -OCH3 is 2. The Morgan fingerprint density at radius 3 is 2.09 bits per heavy atom. The third-order valence-corrected chi connectivity index (χ3v) is 5.60. The summed E-state index contributed by atoms with van der Waals surface area (Å²) >= 11 is 0. The van der Waals surface area contributed by atoms with Crippen molar-refractivity contribution in [3.8, 4) is 0 Å². The average molecular weight is 360 g/mol. The number of hydrogen-bond donors (Lipinski definition) is 2. The van der Waals surface area contributed by atoms with E-state index < -0.39 is 10.2 Å². The first-order valence-electron chi connectivity index (χ1n) is 7.50. The lowest BCUT2D eigenvalue weighted by molar-refractivity contribution is 0.149. The molecule has 1 fully saturated rings. The quantitative estimate of drug-likeness (QED) is 0.555. The number of nitrogens with two attached hydrogens (primary N) is 1. The third-order valence-electron chi connectivity index (χ3n) is 3.95. The van der Waals surface area contributed by atoms with Crippen molar-refractivity contribution in [2.45, 2.75) is 31.7 Å². The fourth-order valence-corrected chi connectivity index (χ4v) is 4.15. The van der Waals surface area contributed by atoms with Crippen LogP contribution < -0.4 is 10.5 Å². The number of rotatable bonds is 11. The van der Waals surface area contributed by atoms with Gasteiger partial charge in [0.15, 0.2) is 0 Å². The van der Waals surface area contributed by atoms with Crippen molar-refractivity contribution in [1.29, 1.82) is 0 Å². The molecule has 134 valence electrons. The van der Waals surface area contributed by atoms with Gasteiger partial charge in [0.2, 0.25) is 0 Å². The summed E-state index contributed by atoms with van der Waals surface area (Å²) in [5, 5.41) is 0. The molecular weight excluding hydrogens is 330 g/mol. The zero-order valence-electron chi connectivity index (χ0n) is 13.5. The van der Waals surface area contributed by atoms with Gasteiger partial charge in [-0.25, -0.2) is 0 Å². The number of halogens is 1. The van der Waals surface area contributed by atoms with Crippen molar-refractivity contribution in [2.75, 3.05) is 47.1 Å². The fraction of sp³-hybridized carbons (Fsp3) is 1.00. The van der Waals surface area contributed by atoms with Crippen LogP contribution in [0.2, 0.25) is 0 Å². The molecule has 1 saturated carbocycles. The van der Waals surface area contributed by atoms with E-state index in [-0.39, 0.29) is 18.4 Å². The van der Waals surface area contributed by atoms with Crippen molar-refractivity contribution in [1.82, 2.24) is 9.03 Å². The highest BCUT2D eigenvalue weighted by Gasteiger charge is 2.30. The van der Waals surface area contributed by atoms with Gasteiger partial charge in [-0.3, -0.25) is 0 Å². The molecule has 1 aliphatic rings. The second kappa shape index (κ2) is 11.6. The maximum absolute atomic E-state index is 12.5. The maximum Gasteiger partial charge on any atom is 0.279 e. The van der Waals surface area contributed by atoms with Crippen LogP contribution in [0.3, 0.4) is 0 Å². The van der Waals surface area contributed by atoms with Crippen molar-refractivity contribution >= 4 is 22.6 Å². The molecule has 1 rings (SSSR count). The molecule has 1 aliphatic carbocycles. The molecule has 22 heavy (non-hydrogen) atoms. The second-order valence-corrected chi connectivity index (χ2v) is 7.10. The minimum absolute atomic E-state index is 0. The van der Waals surface area contributed by atoms with E-state index in [1.54, 1.807) is 14.2 Å². The molecule has 0 amide bonds. The number of nitrogens with one attached hydrogen (secondary N) is 1. The summed E-state index contributed by atoms with van der Waals surface area (Å²) in [5.41, 5.74) is 5.77. The van der Waals surface area contributed by atoms with Gasteiger partial charge in [0.25, 0.3) is 10.2 Å². The van der Waals surface area contributed by atoms with E-state index in [0.717, 1.165) is 25.7 Å². The molecule has 9 heteroatoms. The lowest BCUT2D eigenvalue weighted by Crippen LogP contribution is -2.51. The molecule has 0 spiro atoms. The Morgan fingerprint density at radius 1 is 1.18 bits per heavy atom. The van der Waals surface area contributed by atoms with Gasteiger partial charge in [0.1, 0.15) is 0 Å². The second-order valence-electron chi connectivity index (χ2n) is 5.39. The van der Waals surface area contributed by atoms with Gasteiger partial charge in [0, 0.05) is 39.9 Å². The van der Waals surface area contributed by atoms with Crippen molar-refractivity contribution in [2.24, 2.45) is 11.7 Å². The SMILES string of the molecule is COCCN(CCOC)S(=O)(=O)NC(CN)C1CCCC1.Cl. The van der Waals surface area contributed by atoms with Gasteiger partial charge >= 0.3 is 0 Å². The number of ether oxygens (including phenoxy) is 2. The van der Waals surface area contributed by atoms with E-state index in [1.165, 1.54) is 4.31 Å². The van der Waals surface area contributed by atoms with E-state index in [2.05, 4.69) is 4.72 Å². The minimum atomic E-state index is -3.57. The van der Waals surface area contributed by atoms with Crippen LogP contribution in [-0.4, -0.2) is 65.8 Å². The molecule has 1 unspecified atom stereocenters. The molecule has 0 saturated heterocycles. The highest BCUT2D eigenvalue weighted by molar-refractivity contribution is 7.87. The van der Waals surface area contributed by atoms with Crippen molar-refractivity contribution < 1.29 is 17.9 Å². The smallest absolute Gasteiger partial charge is 0.279 e. The Balaban J connectivity index is 0.00000441. The van der Waals surface area contributed by atoms with Gasteiger partial charge in [-0.05, 0) is 18.8 Å². The van der Waals surface area contributed by atoms with Gasteiger partial charge in [0.05, 0.1) is 13.2 Å². The molecule has 0 heterocycles. The Bertz CT molecular complexity index is 369. The zero-order valence-corrected chi connectivity index (χ0v) is 15.1. The molecule has 0 radical (unpaired) electrons. The highest BCUT2D eigenvalue weighted by Crippen LogP contribution is 2.27. The van der Waals surface area contributed by atoms with Crippen LogP contribution in [0.15, 0.2) is 0 Å². The Morgan fingerprint density at radius 2 is 1.68 bits per heavy atom. The van der Waals surface area contributed by atoms with E-state index in [0.29, 0.717) is 38.8 Å². The summed E-state index contributed by atoms with van der Waals surface area (Å²) in [7, 11) is -0.470. The molecule has 0 aliphatic heterocycles. The molecule has 3 N–H and O–H groups in total. The Hall–Kier alpha value is 0.0400. The van der Waals surface area contributed by atoms with Gasteiger partial charge in [-0.1, -0.05) is 12.8 Å². The van der Waals surface area contributed by atoms with Crippen LogP contribution in [-0.2, 0) is 19.7 Å². The number of nitrogens with zero attached hydrogens (tertiary/aromatic N) is 1. The van der Waals surface area contributed by atoms with Gasteiger partial charge < -0.3 is 15.2 Å². The topological polar surface area (TPSA) is 93.9 Å². The summed E-state index contributed by atoms with van der Waals surface area (Å²) < 4.78 is 39.1. The summed E-state index contributed by atoms with van der Waals surface area (Å²) in [6.07, 6.45) is 4.39. The molecule has 0 bridgehead atoms. The third kappa shape index (κ3) is 7.08. The maximum atomic E-state index is 12.5. The van der Waals surface area contributed by atoms with Gasteiger partial charge in [-0.15, -0.1) is 12.4 Å². The van der Waals surface area contributed by atoms with E-state index in [9.17, 15) is 8.42 Å². The highest BCUT2D eigenvalue weighted by atomic mass is 35.5. The van der Waals surface area contributed by atoms with Gasteiger partial charge in [-0.2, -0.15) is 17.4 Å². The summed E-state index contributed by atoms with van der Waals surface area (Å²) in [6.45, 7) is 1.63. The predicted octanol–water partition coefficient (Wildman–Crippen LogP) is 0.355. The summed E-state index contributed by atoms with van der Waals surface area (Å²) in [6, 6.07) is -0.190. The average Bonchev–Trinajstić information content (AvgIpc) is 2.98. The number of hydrogen-bond acceptors (Lipinski definition) is 5. The Kier molecular flexibility index (Phi) is 11.6. The van der Waals surface area contributed by atoms with E-state index >= 15 is 0 Å². The molecule has 0 aromatic heterocycles. The van der Waals surface area contributed by atoms with E-state index in [1.807, 2.05) is 0 Å². The summed E-state index contributed by atoms with van der Waals surface area (Å²) in [4.78, 5) is 0. The standard InChI is InChI=1S/C13H29N3O4S.ClH/c1-19-9-7-16(8-10-20-2)21(17,18)15-13(11-14)12-5-3-4-6-12;/h12-13,15H,3-11,14H2,1-2H3;1H.